The summed E-state index contributed by atoms with van der Waals surface area (Å²) >= 11 is 6.25. The summed E-state index contributed by atoms with van der Waals surface area (Å²) in [4.78, 5) is 42.0. The highest BCUT2D eigenvalue weighted by Crippen LogP contribution is 2.29. The number of piperazine rings is 1. The summed E-state index contributed by atoms with van der Waals surface area (Å²) in [6, 6.07) is 5.03. The molecule has 0 radical (unpaired) electrons. The van der Waals surface area contributed by atoms with Gasteiger partial charge in [0.15, 0.2) is 0 Å². The lowest BCUT2D eigenvalue weighted by Gasteiger charge is -2.43. The van der Waals surface area contributed by atoms with E-state index >= 15 is 0 Å². The molecule has 1 aromatic rings. The lowest BCUT2D eigenvalue weighted by Crippen LogP contribution is -2.62. The third-order valence-corrected chi connectivity index (χ3v) is 5.74. The smallest absolute Gasteiger partial charge is 0.328 e. The SMILES string of the molecule is O=C1CCN(c2cc(C(=O)N3CCN(C4CNC4)CC3)ccc2Cl)C(=O)N1. The number of imide groups is 1. The van der Waals surface area contributed by atoms with Crippen molar-refractivity contribution in [2.24, 2.45) is 0 Å². The summed E-state index contributed by atoms with van der Waals surface area (Å²) in [5.41, 5.74) is 0.949. The molecule has 0 unspecified atom stereocenters. The number of rotatable bonds is 3. The third-order valence-electron chi connectivity index (χ3n) is 5.42. The fourth-order valence-corrected chi connectivity index (χ4v) is 3.87. The molecule has 4 rings (SSSR count). The molecule has 0 aromatic heterocycles. The summed E-state index contributed by atoms with van der Waals surface area (Å²) in [6.45, 7) is 5.41. The van der Waals surface area contributed by atoms with Crippen molar-refractivity contribution in [3.8, 4) is 0 Å². The zero-order valence-corrected chi connectivity index (χ0v) is 15.7. The minimum absolute atomic E-state index is 0.0622. The average Bonchev–Trinajstić information content (AvgIpc) is 2.61. The molecule has 4 amide bonds. The second-order valence-electron chi connectivity index (χ2n) is 7.06. The van der Waals surface area contributed by atoms with Crippen LogP contribution in [-0.4, -0.2) is 79.5 Å². The fraction of sp³-hybridized carbons (Fsp3) is 0.500. The number of urea groups is 1. The van der Waals surface area contributed by atoms with Gasteiger partial charge in [0, 0.05) is 63.8 Å². The van der Waals surface area contributed by atoms with Crippen LogP contribution in [0.25, 0.3) is 0 Å². The molecule has 1 aromatic carbocycles. The predicted octanol–water partition coefficient (Wildman–Crippen LogP) is 0.516. The standard InChI is InChI=1S/C18H22ClN5O3/c19-14-2-1-12(9-15(14)24-4-3-16(25)21-18(24)27)17(26)23-7-5-22(6-8-23)13-10-20-11-13/h1-2,9,13,20H,3-8,10-11H2,(H,21,25,27). The first-order chi connectivity index (χ1) is 13.0. The van der Waals surface area contributed by atoms with Crippen LogP contribution in [0.2, 0.25) is 5.02 Å². The van der Waals surface area contributed by atoms with Crippen LogP contribution in [-0.2, 0) is 4.79 Å². The molecule has 27 heavy (non-hydrogen) atoms. The number of nitrogens with one attached hydrogen (secondary N) is 2. The topological polar surface area (TPSA) is 85.0 Å². The van der Waals surface area contributed by atoms with E-state index in [9.17, 15) is 14.4 Å². The van der Waals surface area contributed by atoms with Crippen LogP contribution in [0.15, 0.2) is 18.2 Å². The highest BCUT2D eigenvalue weighted by atomic mass is 35.5. The Bertz CT molecular complexity index is 774. The Labute approximate surface area is 162 Å². The maximum atomic E-state index is 12.9. The molecule has 2 N–H and O–H groups in total. The van der Waals surface area contributed by atoms with Gasteiger partial charge in [0.05, 0.1) is 10.7 Å². The summed E-state index contributed by atoms with van der Waals surface area (Å²) in [5, 5.41) is 5.92. The molecule has 3 saturated heterocycles. The molecule has 0 atom stereocenters. The van der Waals surface area contributed by atoms with Crippen LogP contribution in [0, 0.1) is 0 Å². The zero-order valence-electron chi connectivity index (χ0n) is 14.9. The molecule has 144 valence electrons. The number of carbonyl (C=O) groups excluding carboxylic acids is 3. The Balaban J connectivity index is 1.46. The van der Waals surface area contributed by atoms with Crippen molar-refractivity contribution in [2.45, 2.75) is 12.5 Å². The van der Waals surface area contributed by atoms with Gasteiger partial charge < -0.3 is 10.2 Å². The van der Waals surface area contributed by atoms with Crippen molar-refractivity contribution < 1.29 is 14.4 Å². The van der Waals surface area contributed by atoms with E-state index < -0.39 is 6.03 Å². The minimum Gasteiger partial charge on any atom is -0.336 e. The van der Waals surface area contributed by atoms with E-state index in [-0.39, 0.29) is 24.8 Å². The second kappa shape index (κ2) is 7.46. The molecule has 0 bridgehead atoms. The van der Waals surface area contributed by atoms with Gasteiger partial charge in [-0.2, -0.15) is 0 Å². The molecule has 0 spiro atoms. The molecule has 3 heterocycles. The Hall–Kier alpha value is -2.16. The van der Waals surface area contributed by atoms with Crippen LogP contribution in [0.1, 0.15) is 16.8 Å². The van der Waals surface area contributed by atoms with Crippen molar-refractivity contribution in [2.75, 3.05) is 50.7 Å². The number of halogens is 1. The van der Waals surface area contributed by atoms with Gasteiger partial charge in [0.25, 0.3) is 5.91 Å². The molecule has 8 nitrogen and oxygen atoms in total. The van der Waals surface area contributed by atoms with Gasteiger partial charge in [-0.05, 0) is 18.2 Å². The van der Waals surface area contributed by atoms with E-state index in [1.165, 1.54) is 4.90 Å². The van der Waals surface area contributed by atoms with Gasteiger partial charge in [-0.15, -0.1) is 0 Å². The number of anilines is 1. The molecule has 9 heteroatoms. The number of hydrogen-bond donors (Lipinski definition) is 2. The first kappa shape index (κ1) is 18.2. The molecule has 0 saturated carbocycles. The van der Waals surface area contributed by atoms with E-state index in [1.54, 1.807) is 18.2 Å². The van der Waals surface area contributed by atoms with Crippen molar-refractivity contribution >= 4 is 35.1 Å². The zero-order chi connectivity index (χ0) is 19.0. The normalized spacial score (nSPS) is 21.8. The van der Waals surface area contributed by atoms with E-state index in [1.807, 2.05) is 4.90 Å². The van der Waals surface area contributed by atoms with Gasteiger partial charge >= 0.3 is 6.03 Å². The number of hydrogen-bond acceptors (Lipinski definition) is 5. The third kappa shape index (κ3) is 3.65. The minimum atomic E-state index is -0.513. The molecule has 0 aliphatic carbocycles. The van der Waals surface area contributed by atoms with Gasteiger partial charge in [0.2, 0.25) is 5.91 Å². The second-order valence-corrected chi connectivity index (χ2v) is 7.47. The lowest BCUT2D eigenvalue weighted by molar-refractivity contribution is -0.120. The van der Waals surface area contributed by atoms with Crippen LogP contribution < -0.4 is 15.5 Å². The maximum absolute atomic E-state index is 12.9. The number of nitrogens with zero attached hydrogens (tertiary/aromatic N) is 3. The van der Waals surface area contributed by atoms with Gasteiger partial charge in [-0.1, -0.05) is 11.6 Å². The summed E-state index contributed by atoms with van der Waals surface area (Å²) in [7, 11) is 0. The number of carbonyl (C=O) groups is 3. The predicted molar refractivity (Wildman–Crippen MR) is 101 cm³/mol. The molecule has 3 fully saturated rings. The fourth-order valence-electron chi connectivity index (χ4n) is 3.65. The van der Waals surface area contributed by atoms with Crippen LogP contribution in [0.3, 0.4) is 0 Å². The summed E-state index contributed by atoms with van der Waals surface area (Å²) < 4.78 is 0. The quantitative estimate of drug-likeness (QED) is 0.784. The first-order valence-electron chi connectivity index (χ1n) is 9.18. The first-order valence-corrected chi connectivity index (χ1v) is 9.55. The Morgan fingerprint density at radius 2 is 1.81 bits per heavy atom. The van der Waals surface area contributed by atoms with Crippen molar-refractivity contribution in [1.29, 1.82) is 0 Å². The highest BCUT2D eigenvalue weighted by Gasteiger charge is 2.30. The number of benzene rings is 1. The van der Waals surface area contributed by atoms with Crippen molar-refractivity contribution in [3.05, 3.63) is 28.8 Å². The van der Waals surface area contributed by atoms with E-state index in [2.05, 4.69) is 15.5 Å². The Kier molecular flexibility index (Phi) is 5.03. The van der Waals surface area contributed by atoms with E-state index in [4.69, 9.17) is 11.6 Å². The van der Waals surface area contributed by atoms with Crippen LogP contribution >= 0.6 is 11.6 Å². The highest BCUT2D eigenvalue weighted by molar-refractivity contribution is 6.34. The average molecular weight is 392 g/mol. The maximum Gasteiger partial charge on any atom is 0.328 e. The van der Waals surface area contributed by atoms with Crippen molar-refractivity contribution in [3.63, 3.8) is 0 Å². The van der Waals surface area contributed by atoms with Gasteiger partial charge in [-0.3, -0.25) is 24.7 Å². The van der Waals surface area contributed by atoms with Gasteiger partial charge in [-0.25, -0.2) is 4.79 Å². The summed E-state index contributed by atoms with van der Waals surface area (Å²) in [6.07, 6.45) is 0.207. The van der Waals surface area contributed by atoms with Crippen molar-refractivity contribution in [1.82, 2.24) is 20.4 Å². The van der Waals surface area contributed by atoms with Crippen LogP contribution in [0.4, 0.5) is 10.5 Å². The molecule has 3 aliphatic rings. The van der Waals surface area contributed by atoms with Gasteiger partial charge in [0.1, 0.15) is 0 Å². The summed E-state index contributed by atoms with van der Waals surface area (Å²) in [5.74, 6) is -0.369. The molecular weight excluding hydrogens is 370 g/mol. The van der Waals surface area contributed by atoms with E-state index in [0.29, 0.717) is 35.4 Å². The largest absolute Gasteiger partial charge is 0.336 e. The van der Waals surface area contributed by atoms with E-state index in [0.717, 1.165) is 26.2 Å². The molecular formula is C18H22ClN5O3. The lowest BCUT2D eigenvalue weighted by atomic mass is 10.1. The molecule has 3 aliphatic heterocycles. The Morgan fingerprint density at radius 3 is 2.44 bits per heavy atom. The van der Waals surface area contributed by atoms with Crippen LogP contribution in [0.5, 0.6) is 0 Å². The monoisotopic (exact) mass is 391 g/mol. The Morgan fingerprint density at radius 1 is 1.07 bits per heavy atom. The number of amides is 4.